The van der Waals surface area contributed by atoms with Gasteiger partial charge in [-0.25, -0.2) is 0 Å². The molecule has 0 aliphatic rings. The number of para-hydroxylation sites is 1. The van der Waals surface area contributed by atoms with Crippen molar-refractivity contribution in [2.45, 2.75) is 0 Å². The van der Waals surface area contributed by atoms with Crippen LogP contribution in [0.25, 0.3) is 0 Å². The summed E-state index contributed by atoms with van der Waals surface area (Å²) in [6, 6.07) is 9.25. The Kier molecular flexibility index (Phi) is 5.45. The highest BCUT2D eigenvalue weighted by atomic mass is 35.5. The zero-order chi connectivity index (χ0) is 8.10. The molecule has 0 radical (unpaired) electrons. The molecular weight excluding hydrogens is 178 g/mol. The fraction of sp³-hybridized carbons (Fsp3) is 0.250. The fourth-order valence-electron chi connectivity index (χ4n) is 0.847. The van der Waals surface area contributed by atoms with E-state index in [1.54, 1.807) is 0 Å². The van der Waals surface area contributed by atoms with E-state index in [-0.39, 0.29) is 25.9 Å². The Morgan fingerprint density at radius 1 is 1.00 bits per heavy atom. The standard InChI is InChI=1S/C8H11NO2.ClH/c10-6-9(7-11)8-4-2-1-3-5-8;/h1-5,10-11H,6-7H2;1H. The van der Waals surface area contributed by atoms with Crippen molar-refractivity contribution in [3.05, 3.63) is 30.3 Å². The third-order valence-corrected chi connectivity index (χ3v) is 1.46. The van der Waals surface area contributed by atoms with Crippen molar-refractivity contribution in [2.75, 3.05) is 18.4 Å². The molecule has 1 aromatic carbocycles. The lowest BCUT2D eigenvalue weighted by Crippen LogP contribution is -2.24. The first-order valence-corrected chi connectivity index (χ1v) is 3.40. The first-order valence-electron chi connectivity index (χ1n) is 3.40. The lowest BCUT2D eigenvalue weighted by atomic mass is 10.3. The lowest BCUT2D eigenvalue weighted by Gasteiger charge is -2.18. The van der Waals surface area contributed by atoms with Gasteiger partial charge in [0.25, 0.3) is 0 Å². The second-order valence-corrected chi connectivity index (χ2v) is 2.16. The maximum Gasteiger partial charge on any atom is 0.117 e. The topological polar surface area (TPSA) is 43.7 Å². The number of rotatable bonds is 3. The van der Waals surface area contributed by atoms with Gasteiger partial charge in [-0.2, -0.15) is 0 Å². The summed E-state index contributed by atoms with van der Waals surface area (Å²) in [5, 5.41) is 17.5. The quantitative estimate of drug-likeness (QED) is 0.692. The Labute approximate surface area is 77.7 Å². The number of hydrogen-bond acceptors (Lipinski definition) is 3. The smallest absolute Gasteiger partial charge is 0.117 e. The zero-order valence-corrected chi connectivity index (χ0v) is 7.37. The van der Waals surface area contributed by atoms with Crippen LogP contribution in [0.15, 0.2) is 30.3 Å². The van der Waals surface area contributed by atoms with E-state index in [0.29, 0.717) is 0 Å². The van der Waals surface area contributed by atoms with E-state index in [9.17, 15) is 0 Å². The van der Waals surface area contributed by atoms with E-state index in [4.69, 9.17) is 10.2 Å². The number of aliphatic hydroxyl groups excluding tert-OH is 2. The van der Waals surface area contributed by atoms with Crippen molar-refractivity contribution < 1.29 is 10.2 Å². The molecule has 3 nitrogen and oxygen atoms in total. The predicted octanol–water partition coefficient (Wildman–Crippen LogP) is 0.814. The van der Waals surface area contributed by atoms with Crippen molar-refractivity contribution >= 4 is 18.1 Å². The van der Waals surface area contributed by atoms with Gasteiger partial charge in [-0.05, 0) is 12.1 Å². The Bertz CT molecular complexity index is 201. The van der Waals surface area contributed by atoms with Gasteiger partial charge in [0.2, 0.25) is 0 Å². The third-order valence-electron chi connectivity index (χ3n) is 1.46. The van der Waals surface area contributed by atoms with E-state index in [0.717, 1.165) is 5.69 Å². The normalized spacial score (nSPS) is 8.83. The number of anilines is 1. The Hall–Kier alpha value is -0.770. The average Bonchev–Trinajstić information content (AvgIpc) is 2.09. The Morgan fingerprint density at radius 2 is 1.50 bits per heavy atom. The molecule has 4 heteroatoms. The third kappa shape index (κ3) is 2.70. The van der Waals surface area contributed by atoms with Gasteiger partial charge < -0.3 is 15.1 Å². The predicted molar refractivity (Wildman–Crippen MR) is 50.3 cm³/mol. The Morgan fingerprint density at radius 3 is 1.92 bits per heavy atom. The highest BCUT2D eigenvalue weighted by Crippen LogP contribution is 2.10. The van der Waals surface area contributed by atoms with Gasteiger partial charge in [-0.1, -0.05) is 18.2 Å². The van der Waals surface area contributed by atoms with Crippen LogP contribution in [0, 0.1) is 0 Å². The summed E-state index contributed by atoms with van der Waals surface area (Å²) in [6.07, 6.45) is 0. The van der Waals surface area contributed by atoms with Crippen molar-refractivity contribution in [3.63, 3.8) is 0 Å². The van der Waals surface area contributed by atoms with E-state index in [1.165, 1.54) is 4.90 Å². The molecule has 0 spiro atoms. The summed E-state index contributed by atoms with van der Waals surface area (Å²) in [6.45, 7) is -0.332. The molecule has 1 rings (SSSR count). The highest BCUT2D eigenvalue weighted by molar-refractivity contribution is 5.85. The molecule has 0 saturated carbocycles. The van der Waals surface area contributed by atoms with Crippen LogP contribution in [0.1, 0.15) is 0 Å². The Balaban J connectivity index is 0.00000121. The van der Waals surface area contributed by atoms with Crippen molar-refractivity contribution in [1.29, 1.82) is 0 Å². The maximum atomic E-state index is 8.75. The van der Waals surface area contributed by atoms with Crippen LogP contribution in [0.5, 0.6) is 0 Å². The van der Waals surface area contributed by atoms with E-state index < -0.39 is 0 Å². The zero-order valence-electron chi connectivity index (χ0n) is 6.55. The van der Waals surface area contributed by atoms with Gasteiger partial charge in [0.05, 0.1) is 0 Å². The second-order valence-electron chi connectivity index (χ2n) is 2.16. The molecule has 0 aromatic heterocycles. The van der Waals surface area contributed by atoms with Crippen molar-refractivity contribution in [1.82, 2.24) is 0 Å². The van der Waals surface area contributed by atoms with Crippen LogP contribution in [0.3, 0.4) is 0 Å². The van der Waals surface area contributed by atoms with Gasteiger partial charge in [0.1, 0.15) is 13.5 Å². The molecular formula is C8H12ClNO2. The molecule has 2 N–H and O–H groups in total. The van der Waals surface area contributed by atoms with Gasteiger partial charge in [0.15, 0.2) is 0 Å². The number of hydrogen-bond donors (Lipinski definition) is 2. The number of halogens is 1. The van der Waals surface area contributed by atoms with Gasteiger partial charge in [-0.3, -0.25) is 0 Å². The molecule has 0 unspecified atom stereocenters. The van der Waals surface area contributed by atoms with Gasteiger partial charge in [-0.15, -0.1) is 12.4 Å². The molecule has 0 aliphatic heterocycles. The minimum atomic E-state index is -0.166. The van der Waals surface area contributed by atoms with Crippen LogP contribution in [-0.4, -0.2) is 23.7 Å². The lowest BCUT2D eigenvalue weighted by molar-refractivity contribution is 0.223. The minimum Gasteiger partial charge on any atom is -0.376 e. The molecule has 0 aliphatic carbocycles. The van der Waals surface area contributed by atoms with Gasteiger partial charge >= 0.3 is 0 Å². The summed E-state index contributed by atoms with van der Waals surface area (Å²) in [5.74, 6) is 0. The van der Waals surface area contributed by atoms with E-state index in [2.05, 4.69) is 0 Å². The molecule has 0 fully saturated rings. The number of benzene rings is 1. The van der Waals surface area contributed by atoms with Crippen LogP contribution in [-0.2, 0) is 0 Å². The average molecular weight is 190 g/mol. The molecule has 0 saturated heterocycles. The molecule has 0 heterocycles. The van der Waals surface area contributed by atoms with Crippen LogP contribution in [0.2, 0.25) is 0 Å². The van der Waals surface area contributed by atoms with Crippen molar-refractivity contribution in [3.8, 4) is 0 Å². The molecule has 0 atom stereocenters. The number of nitrogens with zero attached hydrogens (tertiary/aromatic N) is 1. The van der Waals surface area contributed by atoms with Crippen LogP contribution in [0.4, 0.5) is 5.69 Å². The summed E-state index contributed by atoms with van der Waals surface area (Å²) in [5.41, 5.74) is 0.817. The molecule has 68 valence electrons. The highest BCUT2D eigenvalue weighted by Gasteiger charge is 1.99. The van der Waals surface area contributed by atoms with E-state index in [1.807, 2.05) is 30.3 Å². The van der Waals surface area contributed by atoms with Crippen LogP contribution < -0.4 is 4.90 Å². The molecule has 0 bridgehead atoms. The summed E-state index contributed by atoms with van der Waals surface area (Å²) < 4.78 is 0. The van der Waals surface area contributed by atoms with E-state index >= 15 is 0 Å². The second kappa shape index (κ2) is 5.83. The fourth-order valence-corrected chi connectivity index (χ4v) is 0.847. The number of aliphatic hydroxyl groups is 2. The summed E-state index contributed by atoms with van der Waals surface area (Å²) in [7, 11) is 0. The largest absolute Gasteiger partial charge is 0.376 e. The first kappa shape index (κ1) is 11.2. The molecule has 1 aromatic rings. The summed E-state index contributed by atoms with van der Waals surface area (Å²) >= 11 is 0. The van der Waals surface area contributed by atoms with Crippen molar-refractivity contribution in [2.24, 2.45) is 0 Å². The van der Waals surface area contributed by atoms with Gasteiger partial charge in [0, 0.05) is 5.69 Å². The SMILES string of the molecule is Cl.OCN(CO)c1ccccc1. The monoisotopic (exact) mass is 189 g/mol. The van der Waals surface area contributed by atoms with Crippen LogP contribution >= 0.6 is 12.4 Å². The summed E-state index contributed by atoms with van der Waals surface area (Å²) in [4.78, 5) is 1.44. The maximum absolute atomic E-state index is 8.75. The molecule has 0 amide bonds. The minimum absolute atomic E-state index is 0. The first-order chi connectivity index (χ1) is 5.38. The molecule has 12 heavy (non-hydrogen) atoms.